The molecule has 0 aliphatic heterocycles. The van der Waals surface area contributed by atoms with E-state index >= 15 is 0 Å². The van der Waals surface area contributed by atoms with Gasteiger partial charge in [0.05, 0.1) is 24.2 Å². The number of benzene rings is 3. The molecule has 32 heavy (non-hydrogen) atoms. The molecule has 5 heteroatoms. The molecule has 0 aromatic heterocycles. The molecule has 0 amide bonds. The summed E-state index contributed by atoms with van der Waals surface area (Å²) >= 11 is 0. The Bertz CT molecular complexity index is 1360. The molecule has 4 nitrogen and oxygen atoms in total. The minimum atomic E-state index is -3.86. The van der Waals surface area contributed by atoms with Crippen LogP contribution in [0, 0.1) is 42.9 Å². The van der Waals surface area contributed by atoms with Gasteiger partial charge in [-0.05, 0) is 67.3 Å². The standard InChI is InChI=1S/C27H21NO3S/c1-4-21-28(32(29,30)26-19-13-22(2)14-20-26)27-12-8-7-11-24(27)10-6-5-9-23-15-17-25(31-3)18-16-23/h1,7-8,11-20H,21H2,2-3H3. The van der Waals surface area contributed by atoms with Crippen molar-refractivity contribution in [3.63, 3.8) is 0 Å². The predicted molar refractivity (Wildman–Crippen MR) is 128 cm³/mol. The average molecular weight is 440 g/mol. The van der Waals surface area contributed by atoms with Gasteiger partial charge in [-0.2, -0.15) is 0 Å². The molecule has 0 fully saturated rings. The van der Waals surface area contributed by atoms with E-state index in [0.717, 1.165) is 16.9 Å². The Kier molecular flexibility index (Phi) is 7.25. The Morgan fingerprint density at radius 2 is 1.56 bits per heavy atom. The molecule has 0 radical (unpaired) electrons. The molecule has 0 aliphatic carbocycles. The largest absolute Gasteiger partial charge is 0.497 e. The molecule has 0 N–H and O–H groups in total. The second-order valence-corrected chi connectivity index (χ2v) is 8.64. The number of terminal acetylenes is 1. The van der Waals surface area contributed by atoms with Gasteiger partial charge in [0, 0.05) is 11.1 Å². The summed E-state index contributed by atoms with van der Waals surface area (Å²) in [5, 5.41) is 0. The van der Waals surface area contributed by atoms with Gasteiger partial charge in [0.2, 0.25) is 0 Å². The van der Waals surface area contributed by atoms with Gasteiger partial charge in [-0.1, -0.05) is 47.6 Å². The summed E-state index contributed by atoms with van der Waals surface area (Å²) in [4.78, 5) is 0.167. The third-order valence-corrected chi connectivity index (χ3v) is 6.35. The van der Waals surface area contributed by atoms with E-state index in [1.807, 2.05) is 31.2 Å². The highest BCUT2D eigenvalue weighted by atomic mass is 32.2. The van der Waals surface area contributed by atoms with E-state index in [1.54, 1.807) is 55.6 Å². The molecule has 0 saturated carbocycles. The van der Waals surface area contributed by atoms with Gasteiger partial charge < -0.3 is 4.74 Å². The SMILES string of the molecule is C#CCN(c1ccccc1C#CC#Cc1ccc(OC)cc1)S(=O)(=O)c1ccc(C)cc1. The van der Waals surface area contributed by atoms with Crippen molar-refractivity contribution >= 4 is 15.7 Å². The molecule has 3 aromatic rings. The second kappa shape index (κ2) is 10.3. The molecular formula is C27H21NO3S. The lowest BCUT2D eigenvalue weighted by molar-refractivity contribution is 0.415. The first-order chi connectivity index (χ1) is 15.5. The summed E-state index contributed by atoms with van der Waals surface area (Å²) in [5.41, 5.74) is 2.69. The van der Waals surface area contributed by atoms with E-state index < -0.39 is 10.0 Å². The lowest BCUT2D eigenvalue weighted by Crippen LogP contribution is -2.32. The number of ether oxygens (including phenoxy) is 1. The van der Waals surface area contributed by atoms with Crippen molar-refractivity contribution in [1.82, 2.24) is 0 Å². The third kappa shape index (κ3) is 5.32. The third-order valence-electron chi connectivity index (χ3n) is 4.57. The molecule has 0 saturated heterocycles. The number of aryl methyl sites for hydroxylation is 1. The average Bonchev–Trinajstić information content (AvgIpc) is 2.81. The maximum atomic E-state index is 13.3. The summed E-state index contributed by atoms with van der Waals surface area (Å²) in [5.74, 6) is 14.7. The van der Waals surface area contributed by atoms with Gasteiger partial charge in [0.1, 0.15) is 5.75 Å². The number of sulfonamides is 1. The van der Waals surface area contributed by atoms with Gasteiger partial charge >= 0.3 is 0 Å². The Balaban J connectivity index is 1.95. The molecule has 0 aliphatic rings. The number of hydrogen-bond donors (Lipinski definition) is 0. The van der Waals surface area contributed by atoms with Crippen LogP contribution in [-0.2, 0) is 10.0 Å². The fourth-order valence-electron chi connectivity index (χ4n) is 2.89. The smallest absolute Gasteiger partial charge is 0.265 e. The first kappa shape index (κ1) is 22.6. The molecule has 0 unspecified atom stereocenters. The van der Waals surface area contributed by atoms with Crippen LogP contribution in [0.5, 0.6) is 5.75 Å². The Labute approximate surface area is 189 Å². The molecule has 0 spiro atoms. The van der Waals surface area contributed by atoms with Crippen LogP contribution in [0.15, 0.2) is 77.7 Å². The highest BCUT2D eigenvalue weighted by molar-refractivity contribution is 7.92. The zero-order valence-electron chi connectivity index (χ0n) is 17.8. The first-order valence-electron chi connectivity index (χ1n) is 9.73. The van der Waals surface area contributed by atoms with Crippen LogP contribution < -0.4 is 9.04 Å². The predicted octanol–water partition coefficient (Wildman–Crippen LogP) is 4.24. The van der Waals surface area contributed by atoms with E-state index in [9.17, 15) is 8.42 Å². The van der Waals surface area contributed by atoms with Crippen LogP contribution in [-0.4, -0.2) is 22.1 Å². The molecular weight excluding hydrogens is 418 g/mol. The normalized spacial score (nSPS) is 10.0. The van der Waals surface area contributed by atoms with E-state index in [1.165, 1.54) is 4.31 Å². The quantitative estimate of drug-likeness (QED) is 0.559. The number of hydrogen-bond acceptors (Lipinski definition) is 3. The number of anilines is 1. The molecule has 158 valence electrons. The van der Waals surface area contributed by atoms with E-state index in [0.29, 0.717) is 11.3 Å². The van der Waals surface area contributed by atoms with E-state index in [-0.39, 0.29) is 11.4 Å². The lowest BCUT2D eigenvalue weighted by Gasteiger charge is -2.23. The monoisotopic (exact) mass is 439 g/mol. The number of methoxy groups -OCH3 is 1. The fourth-order valence-corrected chi connectivity index (χ4v) is 4.29. The molecule has 0 bridgehead atoms. The summed E-state index contributed by atoms with van der Waals surface area (Å²) in [6, 6.07) is 20.9. The van der Waals surface area contributed by atoms with Gasteiger partial charge in [0.25, 0.3) is 10.0 Å². The topological polar surface area (TPSA) is 46.6 Å². The van der Waals surface area contributed by atoms with Crippen LogP contribution in [0.4, 0.5) is 5.69 Å². The van der Waals surface area contributed by atoms with Crippen LogP contribution in [0.25, 0.3) is 0 Å². The van der Waals surface area contributed by atoms with E-state index in [2.05, 4.69) is 29.6 Å². The first-order valence-corrected chi connectivity index (χ1v) is 11.2. The van der Waals surface area contributed by atoms with Crippen molar-refractivity contribution in [1.29, 1.82) is 0 Å². The van der Waals surface area contributed by atoms with E-state index in [4.69, 9.17) is 11.2 Å². The maximum Gasteiger partial charge on any atom is 0.265 e. The Morgan fingerprint density at radius 3 is 2.22 bits per heavy atom. The number of para-hydroxylation sites is 1. The Morgan fingerprint density at radius 1 is 0.906 bits per heavy atom. The minimum Gasteiger partial charge on any atom is -0.497 e. The Hall–Kier alpha value is -4.11. The highest BCUT2D eigenvalue weighted by Crippen LogP contribution is 2.26. The number of nitrogens with zero attached hydrogens (tertiary/aromatic N) is 1. The van der Waals surface area contributed by atoms with Crippen molar-refractivity contribution in [2.75, 3.05) is 18.0 Å². The van der Waals surface area contributed by atoms with Crippen molar-refractivity contribution in [2.45, 2.75) is 11.8 Å². The van der Waals surface area contributed by atoms with Gasteiger partial charge in [0.15, 0.2) is 0 Å². The molecule has 0 heterocycles. The molecule has 3 rings (SSSR count). The molecule has 0 atom stereocenters. The van der Waals surface area contributed by atoms with Crippen LogP contribution in [0.1, 0.15) is 16.7 Å². The van der Waals surface area contributed by atoms with Gasteiger partial charge in [-0.15, -0.1) is 6.42 Å². The summed E-state index contributed by atoms with van der Waals surface area (Å²) in [7, 11) is -2.26. The number of rotatable bonds is 5. The van der Waals surface area contributed by atoms with Crippen molar-refractivity contribution in [3.05, 3.63) is 89.5 Å². The minimum absolute atomic E-state index is 0.119. The zero-order valence-corrected chi connectivity index (χ0v) is 18.6. The van der Waals surface area contributed by atoms with Crippen LogP contribution in [0.2, 0.25) is 0 Å². The van der Waals surface area contributed by atoms with Crippen molar-refractivity contribution < 1.29 is 13.2 Å². The highest BCUT2D eigenvalue weighted by Gasteiger charge is 2.25. The summed E-state index contributed by atoms with van der Waals surface area (Å²) in [6.07, 6.45) is 5.50. The van der Waals surface area contributed by atoms with Gasteiger partial charge in [-0.3, -0.25) is 4.31 Å². The zero-order chi connectivity index (χ0) is 23.0. The van der Waals surface area contributed by atoms with Crippen LogP contribution >= 0.6 is 0 Å². The lowest BCUT2D eigenvalue weighted by atomic mass is 10.2. The fraction of sp³-hybridized carbons (Fsp3) is 0.111. The van der Waals surface area contributed by atoms with Crippen molar-refractivity contribution in [2.24, 2.45) is 0 Å². The second-order valence-electron chi connectivity index (χ2n) is 6.77. The maximum absolute atomic E-state index is 13.3. The molecule has 3 aromatic carbocycles. The summed E-state index contributed by atoms with van der Waals surface area (Å²) in [6.45, 7) is 1.78. The van der Waals surface area contributed by atoms with Crippen LogP contribution in [0.3, 0.4) is 0 Å². The van der Waals surface area contributed by atoms with Gasteiger partial charge in [-0.25, -0.2) is 8.42 Å². The summed E-state index contributed by atoms with van der Waals surface area (Å²) < 4.78 is 32.9. The van der Waals surface area contributed by atoms with Crippen molar-refractivity contribution in [3.8, 4) is 41.8 Å².